The van der Waals surface area contributed by atoms with Crippen LogP contribution in [-0.4, -0.2) is 48.2 Å². The van der Waals surface area contributed by atoms with Crippen molar-refractivity contribution >= 4 is 0 Å². The maximum absolute atomic E-state index is 10.4. The largest absolute Gasteiger partial charge is 0.389 e. The molecule has 0 heterocycles. The average molecular weight is 245 g/mol. The maximum atomic E-state index is 10.4. The van der Waals surface area contributed by atoms with Crippen LogP contribution in [0.3, 0.4) is 0 Å². The summed E-state index contributed by atoms with van der Waals surface area (Å²) >= 11 is 0. The first kappa shape index (κ1) is 14.9. The number of nitrogens with one attached hydrogen (secondary N) is 1. The van der Waals surface area contributed by atoms with Gasteiger partial charge >= 0.3 is 0 Å². The Hall–Kier alpha value is -0.160. The minimum absolute atomic E-state index is 0.363. The lowest BCUT2D eigenvalue weighted by Crippen LogP contribution is -2.43. The monoisotopic (exact) mass is 245 g/mol. The minimum atomic E-state index is -0.568. The predicted octanol–water partition coefficient (Wildman–Crippen LogP) is 1.06. The van der Waals surface area contributed by atoms with Gasteiger partial charge < -0.3 is 20.3 Å². The van der Waals surface area contributed by atoms with Gasteiger partial charge in [-0.15, -0.1) is 0 Å². The molecule has 1 rings (SSSR count). The lowest BCUT2D eigenvalue weighted by Gasteiger charge is -2.27. The highest BCUT2D eigenvalue weighted by molar-refractivity contribution is 4.83. The molecular formula is C13H27NO3. The zero-order chi connectivity index (χ0) is 12.6. The molecule has 1 unspecified atom stereocenters. The Kier molecular flexibility index (Phi) is 7.04. The van der Waals surface area contributed by atoms with Gasteiger partial charge in [-0.3, -0.25) is 0 Å². The van der Waals surface area contributed by atoms with Crippen molar-refractivity contribution in [2.45, 2.75) is 57.2 Å². The van der Waals surface area contributed by atoms with E-state index in [-0.39, 0.29) is 0 Å². The molecule has 1 fully saturated rings. The molecule has 4 nitrogen and oxygen atoms in total. The van der Waals surface area contributed by atoms with Crippen LogP contribution >= 0.6 is 0 Å². The van der Waals surface area contributed by atoms with Gasteiger partial charge in [0.2, 0.25) is 0 Å². The van der Waals surface area contributed by atoms with E-state index in [0.29, 0.717) is 26.3 Å². The molecule has 1 saturated carbocycles. The van der Waals surface area contributed by atoms with Crippen LogP contribution in [0.5, 0.6) is 0 Å². The molecule has 0 aliphatic heterocycles. The Morgan fingerprint density at radius 3 is 2.47 bits per heavy atom. The van der Waals surface area contributed by atoms with Crippen molar-refractivity contribution in [1.29, 1.82) is 0 Å². The maximum Gasteiger partial charge on any atom is 0.0897 e. The van der Waals surface area contributed by atoms with E-state index in [1.807, 2.05) is 6.92 Å². The van der Waals surface area contributed by atoms with Crippen LogP contribution in [0.1, 0.15) is 45.4 Å². The van der Waals surface area contributed by atoms with Crippen molar-refractivity contribution in [1.82, 2.24) is 5.32 Å². The lowest BCUT2D eigenvalue weighted by molar-refractivity contribution is 0.0137. The van der Waals surface area contributed by atoms with Crippen molar-refractivity contribution in [2.24, 2.45) is 0 Å². The third-order valence-electron chi connectivity index (χ3n) is 3.38. The Morgan fingerprint density at radius 1 is 1.24 bits per heavy atom. The van der Waals surface area contributed by atoms with Gasteiger partial charge in [-0.05, 0) is 19.8 Å². The van der Waals surface area contributed by atoms with Crippen LogP contribution in [0.15, 0.2) is 0 Å². The molecule has 0 bridgehead atoms. The molecule has 0 aromatic heterocycles. The van der Waals surface area contributed by atoms with Crippen LogP contribution in [0.2, 0.25) is 0 Å². The summed E-state index contributed by atoms with van der Waals surface area (Å²) in [6.45, 7) is 3.97. The van der Waals surface area contributed by atoms with E-state index in [1.165, 1.54) is 12.8 Å². The summed E-state index contributed by atoms with van der Waals surface area (Å²) in [6.07, 6.45) is 5.96. The van der Waals surface area contributed by atoms with Gasteiger partial charge in [-0.1, -0.05) is 25.7 Å². The number of hydrogen-bond donors (Lipinski definition) is 3. The highest BCUT2D eigenvalue weighted by Crippen LogP contribution is 2.26. The summed E-state index contributed by atoms with van der Waals surface area (Å²) in [4.78, 5) is 0. The van der Waals surface area contributed by atoms with Crippen LogP contribution in [-0.2, 0) is 4.74 Å². The van der Waals surface area contributed by atoms with Gasteiger partial charge in [-0.25, -0.2) is 0 Å². The van der Waals surface area contributed by atoms with Gasteiger partial charge in [0.1, 0.15) is 0 Å². The van der Waals surface area contributed by atoms with E-state index >= 15 is 0 Å². The fourth-order valence-corrected chi connectivity index (χ4v) is 2.35. The summed E-state index contributed by atoms with van der Waals surface area (Å²) in [5.74, 6) is 0. The Labute approximate surface area is 104 Å². The van der Waals surface area contributed by atoms with E-state index in [0.717, 1.165) is 25.7 Å². The van der Waals surface area contributed by atoms with Crippen LogP contribution in [0.4, 0.5) is 0 Å². The third kappa shape index (κ3) is 6.36. The lowest BCUT2D eigenvalue weighted by atomic mass is 9.94. The van der Waals surface area contributed by atoms with Crippen LogP contribution in [0, 0.1) is 0 Å². The molecule has 0 amide bonds. The van der Waals surface area contributed by atoms with E-state index in [1.54, 1.807) is 0 Å². The SMILES string of the molecule is CCOCC(O)CNCC1(O)CCCCCC1. The van der Waals surface area contributed by atoms with Crippen molar-refractivity contribution in [3.8, 4) is 0 Å². The van der Waals surface area contributed by atoms with E-state index in [2.05, 4.69) is 5.32 Å². The molecule has 1 aliphatic rings. The molecule has 0 radical (unpaired) electrons. The van der Waals surface area contributed by atoms with Gasteiger partial charge in [-0.2, -0.15) is 0 Å². The van der Waals surface area contributed by atoms with E-state index in [4.69, 9.17) is 4.74 Å². The standard InChI is InChI=1S/C13H27NO3/c1-2-17-10-12(15)9-14-11-13(16)7-5-3-4-6-8-13/h12,14-16H,2-11H2,1H3. The molecule has 102 valence electrons. The summed E-state index contributed by atoms with van der Waals surface area (Å²) in [5, 5.41) is 23.1. The summed E-state index contributed by atoms with van der Waals surface area (Å²) < 4.78 is 5.13. The summed E-state index contributed by atoms with van der Waals surface area (Å²) in [6, 6.07) is 0. The Morgan fingerprint density at radius 2 is 1.88 bits per heavy atom. The van der Waals surface area contributed by atoms with Gasteiger partial charge in [0, 0.05) is 19.7 Å². The topological polar surface area (TPSA) is 61.7 Å². The van der Waals surface area contributed by atoms with Crippen molar-refractivity contribution < 1.29 is 14.9 Å². The first-order valence-electron chi connectivity index (χ1n) is 6.85. The molecule has 0 aromatic rings. The second-order valence-corrected chi connectivity index (χ2v) is 5.08. The van der Waals surface area contributed by atoms with Gasteiger partial charge in [0.05, 0.1) is 18.3 Å². The average Bonchev–Trinajstić information content (AvgIpc) is 2.52. The van der Waals surface area contributed by atoms with Crippen molar-refractivity contribution in [3.63, 3.8) is 0 Å². The number of ether oxygens (including phenoxy) is 1. The van der Waals surface area contributed by atoms with Crippen molar-refractivity contribution in [3.05, 3.63) is 0 Å². The second-order valence-electron chi connectivity index (χ2n) is 5.08. The van der Waals surface area contributed by atoms with Crippen LogP contribution < -0.4 is 5.32 Å². The number of rotatable bonds is 7. The molecule has 0 aromatic carbocycles. The third-order valence-corrected chi connectivity index (χ3v) is 3.38. The Balaban J connectivity index is 2.15. The number of aliphatic hydroxyl groups is 2. The van der Waals surface area contributed by atoms with Crippen molar-refractivity contribution in [2.75, 3.05) is 26.3 Å². The minimum Gasteiger partial charge on any atom is -0.389 e. The molecular weight excluding hydrogens is 218 g/mol. The van der Waals surface area contributed by atoms with Gasteiger partial charge in [0.15, 0.2) is 0 Å². The highest BCUT2D eigenvalue weighted by Gasteiger charge is 2.27. The fourth-order valence-electron chi connectivity index (χ4n) is 2.35. The number of hydrogen-bond acceptors (Lipinski definition) is 4. The molecule has 17 heavy (non-hydrogen) atoms. The Bertz CT molecular complexity index is 191. The highest BCUT2D eigenvalue weighted by atomic mass is 16.5. The molecule has 1 atom stereocenters. The second kappa shape index (κ2) is 8.03. The van der Waals surface area contributed by atoms with E-state index in [9.17, 15) is 10.2 Å². The summed E-state index contributed by atoms with van der Waals surface area (Å²) in [5.41, 5.74) is -0.568. The number of aliphatic hydroxyl groups excluding tert-OH is 1. The molecule has 4 heteroatoms. The zero-order valence-corrected chi connectivity index (χ0v) is 11.0. The normalized spacial score (nSPS) is 22.1. The fraction of sp³-hybridized carbons (Fsp3) is 1.00. The van der Waals surface area contributed by atoms with Crippen LogP contribution in [0.25, 0.3) is 0 Å². The van der Waals surface area contributed by atoms with E-state index < -0.39 is 11.7 Å². The molecule has 0 saturated heterocycles. The molecule has 0 spiro atoms. The smallest absolute Gasteiger partial charge is 0.0897 e. The predicted molar refractivity (Wildman–Crippen MR) is 68.0 cm³/mol. The molecule has 1 aliphatic carbocycles. The summed E-state index contributed by atoms with van der Waals surface area (Å²) in [7, 11) is 0. The van der Waals surface area contributed by atoms with Gasteiger partial charge in [0.25, 0.3) is 0 Å². The zero-order valence-electron chi connectivity index (χ0n) is 11.0. The quantitative estimate of drug-likeness (QED) is 0.587. The first-order valence-corrected chi connectivity index (χ1v) is 6.85. The first-order chi connectivity index (χ1) is 8.16. The molecule has 3 N–H and O–H groups in total.